The van der Waals surface area contributed by atoms with Crippen LogP contribution in [0.3, 0.4) is 0 Å². The van der Waals surface area contributed by atoms with Crippen LogP contribution in [-0.4, -0.2) is 36.5 Å². The summed E-state index contributed by atoms with van der Waals surface area (Å²) in [6.07, 6.45) is 4.94. The molecule has 1 fully saturated rings. The Kier molecular flexibility index (Phi) is 4.59. The molecular weight excluding hydrogens is 318 g/mol. The average molecular weight is 336 g/mol. The molecule has 1 aromatic carbocycles. The van der Waals surface area contributed by atoms with E-state index in [4.69, 9.17) is 11.6 Å². The summed E-state index contributed by atoms with van der Waals surface area (Å²) < 4.78 is 36.4. The summed E-state index contributed by atoms with van der Waals surface area (Å²) in [6, 6.07) is 3.69. The summed E-state index contributed by atoms with van der Waals surface area (Å²) >= 11 is 6.21. The van der Waals surface area contributed by atoms with Gasteiger partial charge in [0.25, 0.3) is 0 Å². The molecule has 7 heteroatoms. The third-order valence-electron chi connectivity index (χ3n) is 3.49. The molecule has 0 spiro atoms. The first-order valence-corrected chi connectivity index (χ1v) is 10.1. The van der Waals surface area contributed by atoms with Gasteiger partial charge in [-0.1, -0.05) is 17.7 Å². The molecule has 0 aromatic heterocycles. The zero-order chi connectivity index (χ0) is 15.1. The molecule has 0 radical (unpaired) electrons. The lowest BCUT2D eigenvalue weighted by Crippen LogP contribution is -2.26. The van der Waals surface area contributed by atoms with Crippen LogP contribution in [0.1, 0.15) is 29.9 Å². The van der Waals surface area contributed by atoms with Crippen molar-refractivity contribution in [3.8, 4) is 0 Å². The van der Waals surface area contributed by atoms with Crippen LogP contribution >= 0.6 is 11.6 Å². The van der Waals surface area contributed by atoms with Crippen molar-refractivity contribution in [1.29, 1.82) is 0 Å². The number of benzene rings is 1. The van der Waals surface area contributed by atoms with E-state index in [2.05, 4.69) is 0 Å². The van der Waals surface area contributed by atoms with Crippen LogP contribution in [-0.2, 0) is 27.4 Å². The minimum atomic E-state index is -3.30. The molecule has 1 saturated carbocycles. The van der Waals surface area contributed by atoms with Gasteiger partial charge >= 0.3 is 0 Å². The lowest BCUT2D eigenvalue weighted by molar-refractivity contribution is 0.469. The molecule has 20 heavy (non-hydrogen) atoms. The van der Waals surface area contributed by atoms with E-state index < -0.39 is 20.8 Å². The molecule has 112 valence electrons. The van der Waals surface area contributed by atoms with Crippen LogP contribution in [0.2, 0.25) is 5.02 Å². The second-order valence-electron chi connectivity index (χ2n) is 5.19. The van der Waals surface area contributed by atoms with Crippen molar-refractivity contribution < 1.29 is 12.6 Å². The zero-order valence-electron chi connectivity index (χ0n) is 11.7. The minimum Gasteiger partial charge on any atom is -0.255 e. The van der Waals surface area contributed by atoms with E-state index in [1.165, 1.54) is 11.4 Å². The Labute approximate surface area is 127 Å². The normalized spacial score (nSPS) is 17.4. The van der Waals surface area contributed by atoms with E-state index >= 15 is 0 Å². The van der Waals surface area contributed by atoms with Gasteiger partial charge in [0.2, 0.25) is 10.0 Å². The number of sulfonamides is 1. The van der Waals surface area contributed by atoms with Crippen LogP contribution in [0, 0.1) is 0 Å². The number of hydrogen-bond donors (Lipinski definition) is 0. The molecule has 0 aliphatic heterocycles. The molecule has 1 aromatic rings. The predicted octanol–water partition coefficient (Wildman–Crippen LogP) is 2.35. The quantitative estimate of drug-likeness (QED) is 0.830. The fraction of sp³-hybridized carbons (Fsp3) is 0.538. The Morgan fingerprint density at radius 2 is 2.00 bits per heavy atom. The molecular formula is C13H18ClNO3S2. The van der Waals surface area contributed by atoms with Crippen LogP contribution in [0.15, 0.2) is 17.0 Å². The second-order valence-corrected chi connectivity index (χ2v) is 9.00. The largest absolute Gasteiger partial charge is 0.255 e. The number of halogens is 1. The first-order valence-electron chi connectivity index (χ1n) is 6.28. The fourth-order valence-corrected chi connectivity index (χ4v) is 3.89. The highest BCUT2D eigenvalue weighted by molar-refractivity contribution is 7.88. The van der Waals surface area contributed by atoms with Crippen molar-refractivity contribution in [2.75, 3.05) is 19.6 Å². The molecule has 0 bridgehead atoms. The third kappa shape index (κ3) is 3.42. The van der Waals surface area contributed by atoms with Gasteiger partial charge in [-0.25, -0.2) is 12.7 Å². The van der Waals surface area contributed by atoms with Gasteiger partial charge < -0.3 is 0 Å². The van der Waals surface area contributed by atoms with E-state index in [9.17, 15) is 12.6 Å². The second kappa shape index (κ2) is 5.75. The number of hydrogen-bond acceptors (Lipinski definition) is 3. The average Bonchev–Trinajstić information content (AvgIpc) is 3.13. The molecule has 0 N–H and O–H groups in total. The van der Waals surface area contributed by atoms with Crippen LogP contribution in [0.5, 0.6) is 0 Å². The number of rotatable bonds is 5. The Morgan fingerprint density at radius 1 is 1.40 bits per heavy atom. The van der Waals surface area contributed by atoms with Gasteiger partial charge in [0.15, 0.2) is 0 Å². The lowest BCUT2D eigenvalue weighted by Gasteiger charge is -2.19. The van der Waals surface area contributed by atoms with E-state index in [1.807, 2.05) is 6.07 Å². The first kappa shape index (κ1) is 15.9. The highest BCUT2D eigenvalue weighted by atomic mass is 35.5. The van der Waals surface area contributed by atoms with E-state index in [-0.39, 0.29) is 6.54 Å². The Bertz CT molecular complexity index is 654. The smallest absolute Gasteiger partial charge is 0.211 e. The fourth-order valence-electron chi connectivity index (χ4n) is 2.16. The van der Waals surface area contributed by atoms with Crippen molar-refractivity contribution in [3.63, 3.8) is 0 Å². The molecule has 4 nitrogen and oxygen atoms in total. The van der Waals surface area contributed by atoms with Gasteiger partial charge in [0, 0.05) is 35.3 Å². The molecule has 1 aliphatic rings. The van der Waals surface area contributed by atoms with Crippen molar-refractivity contribution in [2.24, 2.45) is 0 Å². The standard InChI is InChI=1S/C13H18ClNO3S2/c1-15(20(3,17)18)8-11-12(14)7-6-10(9-4-5-9)13(11)19(2)16/h6-7,9H,4-5,8H2,1-3H3. The maximum Gasteiger partial charge on any atom is 0.211 e. The van der Waals surface area contributed by atoms with Crippen molar-refractivity contribution in [3.05, 3.63) is 28.3 Å². The lowest BCUT2D eigenvalue weighted by atomic mass is 10.1. The Morgan fingerprint density at radius 3 is 2.45 bits per heavy atom. The SMILES string of the molecule is CN(Cc1c(Cl)ccc(C2CC2)c1S(C)=O)S(C)(=O)=O. The summed E-state index contributed by atoms with van der Waals surface area (Å²) in [7, 11) is -3.00. The van der Waals surface area contributed by atoms with E-state index in [1.54, 1.807) is 12.3 Å². The molecule has 1 atom stereocenters. The van der Waals surface area contributed by atoms with Gasteiger partial charge in [0.1, 0.15) is 0 Å². The molecule has 0 saturated heterocycles. The van der Waals surface area contributed by atoms with Gasteiger partial charge in [-0.2, -0.15) is 0 Å². The highest BCUT2D eigenvalue weighted by Crippen LogP contribution is 2.44. The first-order chi connectivity index (χ1) is 9.21. The summed E-state index contributed by atoms with van der Waals surface area (Å²) in [4.78, 5) is 0.704. The maximum atomic E-state index is 12.1. The predicted molar refractivity (Wildman–Crippen MR) is 82.1 cm³/mol. The topological polar surface area (TPSA) is 54.5 Å². The molecule has 2 rings (SSSR count). The zero-order valence-corrected chi connectivity index (χ0v) is 14.1. The maximum absolute atomic E-state index is 12.1. The summed E-state index contributed by atoms with van der Waals surface area (Å²) in [5, 5.41) is 0.468. The van der Waals surface area contributed by atoms with Crippen molar-refractivity contribution >= 4 is 32.4 Å². The molecule has 0 amide bonds. The van der Waals surface area contributed by atoms with Crippen LogP contribution < -0.4 is 0 Å². The van der Waals surface area contributed by atoms with Gasteiger partial charge in [0.05, 0.1) is 17.1 Å². The molecule has 1 unspecified atom stereocenters. The Hall–Kier alpha value is -0.430. The van der Waals surface area contributed by atoms with E-state index in [0.29, 0.717) is 21.4 Å². The third-order valence-corrected chi connectivity index (χ3v) is 6.16. The highest BCUT2D eigenvalue weighted by Gasteiger charge is 2.30. The van der Waals surface area contributed by atoms with E-state index in [0.717, 1.165) is 24.7 Å². The monoisotopic (exact) mass is 335 g/mol. The van der Waals surface area contributed by atoms with Crippen molar-refractivity contribution in [2.45, 2.75) is 30.2 Å². The summed E-state index contributed by atoms with van der Waals surface area (Å²) in [6.45, 7) is 0.146. The minimum absolute atomic E-state index is 0.146. The van der Waals surface area contributed by atoms with Gasteiger partial charge in [-0.3, -0.25) is 4.21 Å². The molecule has 0 heterocycles. The Balaban J connectivity index is 2.50. The van der Waals surface area contributed by atoms with Crippen LogP contribution in [0.25, 0.3) is 0 Å². The van der Waals surface area contributed by atoms with Gasteiger partial charge in [-0.15, -0.1) is 0 Å². The summed E-state index contributed by atoms with van der Waals surface area (Å²) in [5.74, 6) is 0.438. The molecule has 1 aliphatic carbocycles. The van der Waals surface area contributed by atoms with Gasteiger partial charge in [-0.05, 0) is 30.4 Å². The van der Waals surface area contributed by atoms with Crippen molar-refractivity contribution in [1.82, 2.24) is 4.31 Å². The summed E-state index contributed by atoms with van der Waals surface area (Å²) in [5.41, 5.74) is 1.71. The van der Waals surface area contributed by atoms with Crippen LogP contribution in [0.4, 0.5) is 0 Å². The number of nitrogens with zero attached hydrogens (tertiary/aromatic N) is 1.